The molecule has 0 spiro atoms. The SMILES string of the molecule is CCCCOc1ccc(-c2ccc(-c3ccc(-c4ccc(-c5ccc(C)cc5F)s4)c4nsnc34)s2)cc1. The first-order chi connectivity index (χ1) is 18.6. The molecule has 3 heterocycles. The van der Waals surface area contributed by atoms with E-state index in [0.29, 0.717) is 5.56 Å². The van der Waals surface area contributed by atoms with Crippen LogP contribution in [0.3, 0.4) is 0 Å². The maximum atomic E-state index is 14.6. The number of thiophene rings is 2. The molecule has 7 heteroatoms. The van der Waals surface area contributed by atoms with E-state index in [1.807, 2.05) is 43.3 Å². The maximum Gasteiger partial charge on any atom is 0.132 e. The molecule has 0 fully saturated rings. The van der Waals surface area contributed by atoms with Gasteiger partial charge in [0.1, 0.15) is 22.6 Å². The average Bonchev–Trinajstić information content (AvgIpc) is 3.70. The first-order valence-electron chi connectivity index (χ1n) is 12.6. The summed E-state index contributed by atoms with van der Waals surface area (Å²) in [4.78, 5) is 4.31. The number of rotatable bonds is 8. The zero-order valence-corrected chi connectivity index (χ0v) is 23.5. The minimum atomic E-state index is -0.193. The number of aromatic nitrogens is 2. The Hall–Kier alpha value is -3.39. The second-order valence-corrected chi connectivity index (χ2v) is 11.9. The first-order valence-corrected chi connectivity index (χ1v) is 14.9. The predicted molar refractivity (Wildman–Crippen MR) is 160 cm³/mol. The van der Waals surface area contributed by atoms with Crippen LogP contribution in [0.4, 0.5) is 4.39 Å². The minimum absolute atomic E-state index is 0.193. The van der Waals surface area contributed by atoms with E-state index >= 15 is 0 Å². The second-order valence-electron chi connectivity index (χ2n) is 9.16. The quantitative estimate of drug-likeness (QED) is 0.175. The van der Waals surface area contributed by atoms with E-state index < -0.39 is 0 Å². The lowest BCUT2D eigenvalue weighted by Crippen LogP contribution is -1.95. The summed E-state index contributed by atoms with van der Waals surface area (Å²) in [5.74, 6) is 0.716. The highest BCUT2D eigenvalue weighted by Crippen LogP contribution is 2.42. The topological polar surface area (TPSA) is 35.0 Å². The van der Waals surface area contributed by atoms with Gasteiger partial charge in [0.15, 0.2) is 0 Å². The van der Waals surface area contributed by atoms with E-state index in [2.05, 4.69) is 52.1 Å². The van der Waals surface area contributed by atoms with Gasteiger partial charge in [-0.15, -0.1) is 22.7 Å². The molecule has 190 valence electrons. The smallest absolute Gasteiger partial charge is 0.132 e. The summed E-state index contributed by atoms with van der Waals surface area (Å²) in [7, 11) is 0. The van der Waals surface area contributed by atoms with E-state index in [4.69, 9.17) is 4.74 Å². The molecule has 0 unspecified atom stereocenters. The zero-order valence-electron chi connectivity index (χ0n) is 21.0. The Morgan fingerprint density at radius 1 is 0.711 bits per heavy atom. The second kappa shape index (κ2) is 10.8. The molecule has 3 nitrogen and oxygen atoms in total. The normalized spacial score (nSPS) is 11.3. The third kappa shape index (κ3) is 4.89. The molecule has 6 aromatic rings. The summed E-state index contributed by atoms with van der Waals surface area (Å²) < 4.78 is 29.7. The van der Waals surface area contributed by atoms with Gasteiger partial charge in [0, 0.05) is 36.2 Å². The molecule has 3 aromatic heterocycles. The summed E-state index contributed by atoms with van der Waals surface area (Å²) in [6.45, 7) is 4.82. The number of ether oxygens (including phenoxy) is 1. The van der Waals surface area contributed by atoms with Crippen LogP contribution in [0.2, 0.25) is 0 Å². The molecule has 0 atom stereocenters. The van der Waals surface area contributed by atoms with Crippen molar-refractivity contribution in [1.82, 2.24) is 8.75 Å². The van der Waals surface area contributed by atoms with Crippen molar-refractivity contribution in [2.45, 2.75) is 26.7 Å². The lowest BCUT2D eigenvalue weighted by Gasteiger charge is -2.06. The highest BCUT2D eigenvalue weighted by atomic mass is 32.1. The van der Waals surface area contributed by atoms with Crippen LogP contribution in [0.25, 0.3) is 52.8 Å². The van der Waals surface area contributed by atoms with Crippen molar-refractivity contribution in [1.29, 1.82) is 0 Å². The van der Waals surface area contributed by atoms with Crippen molar-refractivity contribution < 1.29 is 9.13 Å². The molecule has 0 aliphatic heterocycles. The van der Waals surface area contributed by atoms with Gasteiger partial charge in [-0.2, -0.15) is 8.75 Å². The van der Waals surface area contributed by atoms with Gasteiger partial charge in [0.2, 0.25) is 0 Å². The van der Waals surface area contributed by atoms with Crippen LogP contribution < -0.4 is 4.74 Å². The van der Waals surface area contributed by atoms with Gasteiger partial charge in [-0.3, -0.25) is 0 Å². The number of hydrogen-bond donors (Lipinski definition) is 0. The van der Waals surface area contributed by atoms with Crippen LogP contribution in [0, 0.1) is 12.7 Å². The molecular formula is C31H25FN2OS3. The third-order valence-corrected chi connectivity index (χ3v) is 9.30. The molecular weight excluding hydrogens is 532 g/mol. The molecule has 0 bridgehead atoms. The number of benzene rings is 3. The number of unbranched alkanes of at least 4 members (excludes halogenated alkanes) is 1. The molecule has 38 heavy (non-hydrogen) atoms. The van der Waals surface area contributed by atoms with Crippen molar-refractivity contribution in [2.75, 3.05) is 6.61 Å². The predicted octanol–water partition coefficient (Wildman–Crippen LogP) is 10.1. The monoisotopic (exact) mass is 556 g/mol. The number of fused-ring (bicyclic) bond motifs is 1. The first kappa shape index (κ1) is 24.9. The van der Waals surface area contributed by atoms with Crippen LogP contribution in [-0.2, 0) is 0 Å². The van der Waals surface area contributed by atoms with Gasteiger partial charge >= 0.3 is 0 Å². The van der Waals surface area contributed by atoms with Gasteiger partial charge in [0.25, 0.3) is 0 Å². The molecule has 0 aliphatic rings. The summed E-state index contributed by atoms with van der Waals surface area (Å²) in [6.07, 6.45) is 2.19. The Labute approximate surface area is 233 Å². The number of hydrogen-bond acceptors (Lipinski definition) is 6. The van der Waals surface area contributed by atoms with Crippen LogP contribution in [0.5, 0.6) is 5.75 Å². The fraction of sp³-hybridized carbons (Fsp3) is 0.161. The van der Waals surface area contributed by atoms with Crippen molar-refractivity contribution in [3.8, 4) is 47.5 Å². The Kier molecular flexibility index (Phi) is 7.06. The van der Waals surface area contributed by atoms with Crippen molar-refractivity contribution in [3.63, 3.8) is 0 Å². The van der Waals surface area contributed by atoms with Gasteiger partial charge in [-0.05, 0) is 79.1 Å². The Morgan fingerprint density at radius 3 is 1.92 bits per heavy atom. The highest BCUT2D eigenvalue weighted by Gasteiger charge is 2.17. The van der Waals surface area contributed by atoms with E-state index in [1.165, 1.54) is 22.2 Å². The number of halogens is 1. The van der Waals surface area contributed by atoms with E-state index in [9.17, 15) is 4.39 Å². The van der Waals surface area contributed by atoms with Crippen LogP contribution >= 0.6 is 34.4 Å². The fourth-order valence-electron chi connectivity index (χ4n) is 4.40. The summed E-state index contributed by atoms with van der Waals surface area (Å²) >= 11 is 4.55. The Morgan fingerprint density at radius 2 is 1.29 bits per heavy atom. The maximum absolute atomic E-state index is 14.6. The van der Waals surface area contributed by atoms with Crippen molar-refractivity contribution in [2.24, 2.45) is 0 Å². The van der Waals surface area contributed by atoms with Gasteiger partial charge in [0.05, 0.1) is 18.3 Å². The number of nitrogens with zero attached hydrogens (tertiary/aromatic N) is 2. The summed E-state index contributed by atoms with van der Waals surface area (Å²) in [6, 6.07) is 26.3. The van der Waals surface area contributed by atoms with Crippen LogP contribution in [0.1, 0.15) is 25.3 Å². The van der Waals surface area contributed by atoms with E-state index in [-0.39, 0.29) is 5.82 Å². The standard InChI is InChI=1S/C31H25FN2OS3/c1-3-4-17-35-21-8-6-20(7-9-21)26-13-14-28(36-26)23-11-12-24(31-30(23)33-38-34-31)29-16-15-27(37-29)22-10-5-19(2)18-25(22)32/h5-16,18H,3-4,17H2,1-2H3. The molecule has 0 saturated carbocycles. The molecule has 0 saturated heterocycles. The average molecular weight is 557 g/mol. The number of aryl methyl sites for hydroxylation is 1. The fourth-order valence-corrected chi connectivity index (χ4v) is 7.07. The molecule has 6 rings (SSSR count). The molecule has 0 amide bonds. The van der Waals surface area contributed by atoms with Crippen molar-refractivity contribution in [3.05, 3.63) is 90.2 Å². The molecule has 0 aliphatic carbocycles. The lowest BCUT2D eigenvalue weighted by molar-refractivity contribution is 0.309. The minimum Gasteiger partial charge on any atom is -0.494 e. The Balaban J connectivity index is 1.29. The summed E-state index contributed by atoms with van der Waals surface area (Å²) in [5.41, 5.74) is 6.60. The Bertz CT molecular complexity index is 1720. The lowest BCUT2D eigenvalue weighted by atomic mass is 10.1. The summed E-state index contributed by atoms with van der Waals surface area (Å²) in [5, 5.41) is 0. The molecule has 0 N–H and O–H groups in total. The third-order valence-electron chi connectivity index (χ3n) is 6.45. The highest BCUT2D eigenvalue weighted by molar-refractivity contribution is 7.19. The zero-order chi connectivity index (χ0) is 26.1. The van der Waals surface area contributed by atoms with E-state index in [1.54, 1.807) is 28.7 Å². The van der Waals surface area contributed by atoms with E-state index in [0.717, 1.165) is 67.6 Å². The van der Waals surface area contributed by atoms with Crippen LogP contribution in [0.15, 0.2) is 78.9 Å². The molecule has 3 aromatic carbocycles. The van der Waals surface area contributed by atoms with Gasteiger partial charge in [-0.1, -0.05) is 37.6 Å². The molecule has 0 radical (unpaired) electrons. The van der Waals surface area contributed by atoms with Crippen molar-refractivity contribution >= 4 is 45.4 Å². The van der Waals surface area contributed by atoms with Gasteiger partial charge in [-0.25, -0.2) is 4.39 Å². The van der Waals surface area contributed by atoms with Gasteiger partial charge < -0.3 is 4.74 Å². The van der Waals surface area contributed by atoms with Crippen LogP contribution in [-0.4, -0.2) is 15.4 Å². The largest absolute Gasteiger partial charge is 0.494 e.